The SMILES string of the molecule is CC1(OC(=O)C2CCC[C@@H](CCCS)CC2)CCCCC1. The summed E-state index contributed by atoms with van der Waals surface area (Å²) in [5.41, 5.74) is -0.174. The normalized spacial score (nSPS) is 29.6. The molecule has 2 aliphatic carbocycles. The third kappa shape index (κ3) is 5.50. The van der Waals surface area contributed by atoms with E-state index >= 15 is 0 Å². The first-order chi connectivity index (χ1) is 10.1. The van der Waals surface area contributed by atoms with Crippen LogP contribution in [0.3, 0.4) is 0 Å². The Bertz CT molecular complexity index is 323. The minimum Gasteiger partial charge on any atom is -0.459 e. The lowest BCUT2D eigenvalue weighted by atomic mass is 9.86. The van der Waals surface area contributed by atoms with Crippen LogP contribution in [0.2, 0.25) is 0 Å². The number of rotatable bonds is 5. The van der Waals surface area contributed by atoms with E-state index in [4.69, 9.17) is 4.74 Å². The quantitative estimate of drug-likeness (QED) is 0.431. The number of thiol groups is 1. The molecule has 0 amide bonds. The Morgan fingerprint density at radius 1 is 1.10 bits per heavy atom. The van der Waals surface area contributed by atoms with Gasteiger partial charge in [-0.25, -0.2) is 0 Å². The molecule has 122 valence electrons. The van der Waals surface area contributed by atoms with Crippen molar-refractivity contribution < 1.29 is 9.53 Å². The number of ether oxygens (including phenoxy) is 1. The molecule has 0 spiro atoms. The Morgan fingerprint density at radius 2 is 1.86 bits per heavy atom. The Labute approximate surface area is 135 Å². The lowest BCUT2D eigenvalue weighted by molar-refractivity contribution is -0.166. The zero-order valence-electron chi connectivity index (χ0n) is 13.6. The lowest BCUT2D eigenvalue weighted by Crippen LogP contribution is -2.36. The average Bonchev–Trinajstić information content (AvgIpc) is 2.71. The molecule has 0 N–H and O–H groups in total. The second-order valence-electron chi connectivity index (χ2n) is 7.37. The molecule has 0 aliphatic heterocycles. The van der Waals surface area contributed by atoms with E-state index in [0.29, 0.717) is 0 Å². The van der Waals surface area contributed by atoms with E-state index in [1.807, 2.05) is 0 Å². The first-order valence-electron chi connectivity index (χ1n) is 8.97. The first-order valence-corrected chi connectivity index (χ1v) is 9.60. The van der Waals surface area contributed by atoms with Crippen LogP contribution in [0.15, 0.2) is 0 Å². The highest BCUT2D eigenvalue weighted by molar-refractivity contribution is 7.80. The van der Waals surface area contributed by atoms with Gasteiger partial charge in [-0.2, -0.15) is 12.6 Å². The van der Waals surface area contributed by atoms with Gasteiger partial charge in [0.2, 0.25) is 0 Å². The summed E-state index contributed by atoms with van der Waals surface area (Å²) < 4.78 is 5.94. The minimum absolute atomic E-state index is 0.0919. The molecule has 2 rings (SSSR count). The van der Waals surface area contributed by atoms with Gasteiger partial charge in [0.1, 0.15) is 5.60 Å². The number of hydrogen-bond acceptors (Lipinski definition) is 3. The summed E-state index contributed by atoms with van der Waals surface area (Å²) in [7, 11) is 0. The Kier molecular flexibility index (Phi) is 6.91. The van der Waals surface area contributed by atoms with Crippen LogP contribution in [0.25, 0.3) is 0 Å². The highest BCUT2D eigenvalue weighted by Crippen LogP contribution is 2.35. The molecule has 2 nitrogen and oxygen atoms in total. The van der Waals surface area contributed by atoms with Gasteiger partial charge in [0, 0.05) is 0 Å². The van der Waals surface area contributed by atoms with Crippen molar-refractivity contribution >= 4 is 18.6 Å². The van der Waals surface area contributed by atoms with E-state index in [2.05, 4.69) is 19.6 Å². The second kappa shape index (κ2) is 8.45. The van der Waals surface area contributed by atoms with Gasteiger partial charge in [-0.15, -0.1) is 0 Å². The molecule has 0 aromatic rings. The van der Waals surface area contributed by atoms with Gasteiger partial charge < -0.3 is 4.74 Å². The summed E-state index contributed by atoms with van der Waals surface area (Å²) in [5.74, 6) is 2.04. The summed E-state index contributed by atoms with van der Waals surface area (Å²) in [5, 5.41) is 0. The zero-order valence-corrected chi connectivity index (χ0v) is 14.5. The number of carbonyl (C=O) groups excluding carboxylic acids is 1. The third-order valence-electron chi connectivity index (χ3n) is 5.45. The second-order valence-corrected chi connectivity index (χ2v) is 7.82. The standard InChI is InChI=1S/C18H32O2S/c1-18(12-3-2-4-13-18)20-17(19)16-9-5-7-15(10-11-16)8-6-14-21/h15-16,21H,2-14H2,1H3/t15-,16?/m0/s1. The molecule has 2 fully saturated rings. The van der Waals surface area contributed by atoms with E-state index in [9.17, 15) is 4.79 Å². The fraction of sp³-hybridized carbons (Fsp3) is 0.944. The van der Waals surface area contributed by atoms with Crippen molar-refractivity contribution in [2.24, 2.45) is 11.8 Å². The van der Waals surface area contributed by atoms with Crippen molar-refractivity contribution in [3.05, 3.63) is 0 Å². The molecule has 21 heavy (non-hydrogen) atoms. The summed E-state index contributed by atoms with van der Waals surface area (Å²) in [4.78, 5) is 12.5. The van der Waals surface area contributed by atoms with Crippen LogP contribution in [-0.4, -0.2) is 17.3 Å². The van der Waals surface area contributed by atoms with Crippen molar-refractivity contribution in [1.82, 2.24) is 0 Å². The monoisotopic (exact) mass is 312 g/mol. The highest BCUT2D eigenvalue weighted by atomic mass is 32.1. The van der Waals surface area contributed by atoms with E-state index < -0.39 is 0 Å². The predicted molar refractivity (Wildman–Crippen MR) is 90.7 cm³/mol. The van der Waals surface area contributed by atoms with Crippen LogP contribution in [0.1, 0.15) is 84.0 Å². The van der Waals surface area contributed by atoms with E-state index in [-0.39, 0.29) is 17.5 Å². The van der Waals surface area contributed by atoms with Gasteiger partial charge in [-0.3, -0.25) is 4.79 Å². The van der Waals surface area contributed by atoms with Crippen molar-refractivity contribution in [1.29, 1.82) is 0 Å². The van der Waals surface area contributed by atoms with Crippen LogP contribution in [0, 0.1) is 11.8 Å². The van der Waals surface area contributed by atoms with Crippen LogP contribution in [0.4, 0.5) is 0 Å². The van der Waals surface area contributed by atoms with Gasteiger partial charge in [0.25, 0.3) is 0 Å². The van der Waals surface area contributed by atoms with E-state index in [1.54, 1.807) is 0 Å². The number of esters is 1. The Balaban J connectivity index is 1.79. The average molecular weight is 313 g/mol. The largest absolute Gasteiger partial charge is 0.459 e. The summed E-state index contributed by atoms with van der Waals surface area (Å²) in [6.07, 6.45) is 14.0. The molecule has 2 atom stereocenters. The van der Waals surface area contributed by atoms with Crippen molar-refractivity contribution in [2.45, 2.75) is 89.6 Å². The van der Waals surface area contributed by atoms with Gasteiger partial charge in [-0.05, 0) is 76.4 Å². The van der Waals surface area contributed by atoms with Crippen LogP contribution < -0.4 is 0 Å². The molecule has 2 saturated carbocycles. The van der Waals surface area contributed by atoms with Crippen molar-refractivity contribution in [3.8, 4) is 0 Å². The molecule has 0 radical (unpaired) electrons. The summed E-state index contributed by atoms with van der Waals surface area (Å²) in [6.45, 7) is 2.14. The van der Waals surface area contributed by atoms with Gasteiger partial charge in [0.05, 0.1) is 5.92 Å². The minimum atomic E-state index is -0.174. The smallest absolute Gasteiger partial charge is 0.309 e. The fourth-order valence-corrected chi connectivity index (χ4v) is 4.19. The zero-order chi connectivity index (χ0) is 15.1. The van der Waals surface area contributed by atoms with Gasteiger partial charge >= 0.3 is 5.97 Å². The molecule has 0 aromatic carbocycles. The maximum Gasteiger partial charge on any atom is 0.309 e. The summed E-state index contributed by atoms with van der Waals surface area (Å²) >= 11 is 4.31. The molecule has 0 saturated heterocycles. The maximum absolute atomic E-state index is 12.5. The van der Waals surface area contributed by atoms with Crippen molar-refractivity contribution in [3.63, 3.8) is 0 Å². The van der Waals surface area contributed by atoms with Crippen LogP contribution in [-0.2, 0) is 9.53 Å². The highest BCUT2D eigenvalue weighted by Gasteiger charge is 2.34. The number of hydrogen-bond donors (Lipinski definition) is 1. The van der Waals surface area contributed by atoms with Gasteiger partial charge in [0.15, 0.2) is 0 Å². The molecule has 3 heteroatoms. The van der Waals surface area contributed by atoms with E-state index in [0.717, 1.165) is 37.4 Å². The van der Waals surface area contributed by atoms with Crippen molar-refractivity contribution in [2.75, 3.05) is 5.75 Å². The predicted octanol–water partition coefficient (Wildman–Crippen LogP) is 5.16. The lowest BCUT2D eigenvalue weighted by Gasteiger charge is -2.34. The van der Waals surface area contributed by atoms with Gasteiger partial charge in [-0.1, -0.05) is 19.3 Å². The maximum atomic E-state index is 12.5. The molecule has 2 aliphatic rings. The fourth-order valence-electron chi connectivity index (χ4n) is 4.01. The van der Waals surface area contributed by atoms with Crippen LogP contribution >= 0.6 is 12.6 Å². The molecule has 0 aromatic heterocycles. The molecular weight excluding hydrogens is 280 g/mol. The number of carbonyl (C=O) groups is 1. The summed E-state index contributed by atoms with van der Waals surface area (Å²) in [6, 6.07) is 0. The van der Waals surface area contributed by atoms with E-state index in [1.165, 1.54) is 51.4 Å². The Hall–Kier alpha value is -0.180. The topological polar surface area (TPSA) is 26.3 Å². The Morgan fingerprint density at radius 3 is 2.57 bits per heavy atom. The first kappa shape index (κ1) is 17.2. The molecule has 0 bridgehead atoms. The molecule has 1 unspecified atom stereocenters. The molecular formula is C18H32O2S. The third-order valence-corrected chi connectivity index (χ3v) is 5.77. The molecule has 0 heterocycles. The van der Waals surface area contributed by atoms with Crippen LogP contribution in [0.5, 0.6) is 0 Å².